The van der Waals surface area contributed by atoms with E-state index < -0.39 is 10.0 Å². The van der Waals surface area contributed by atoms with Crippen LogP contribution in [0.5, 0.6) is 0 Å². The van der Waals surface area contributed by atoms with Crippen LogP contribution in [-0.2, 0) is 14.8 Å². The van der Waals surface area contributed by atoms with E-state index in [9.17, 15) is 8.42 Å². The highest BCUT2D eigenvalue weighted by molar-refractivity contribution is 9.09. The third-order valence-electron chi connectivity index (χ3n) is 3.75. The number of fused-ring (bicyclic) bond motifs is 1. The van der Waals surface area contributed by atoms with Gasteiger partial charge in [0.05, 0.1) is 17.4 Å². The summed E-state index contributed by atoms with van der Waals surface area (Å²) in [4.78, 5) is 0. The lowest BCUT2D eigenvalue weighted by Gasteiger charge is -2.28. The first-order chi connectivity index (χ1) is 7.43. The number of hydrogen-bond acceptors (Lipinski definition) is 4. The van der Waals surface area contributed by atoms with E-state index in [1.54, 1.807) is 23.1 Å². The number of sulfonamides is 1. The van der Waals surface area contributed by atoms with Gasteiger partial charge in [-0.1, -0.05) is 15.9 Å². The highest BCUT2D eigenvalue weighted by Crippen LogP contribution is 2.56. The van der Waals surface area contributed by atoms with Crippen LogP contribution < -0.4 is 0 Å². The Morgan fingerprint density at radius 2 is 2.25 bits per heavy atom. The van der Waals surface area contributed by atoms with Gasteiger partial charge in [-0.2, -0.15) is 4.31 Å². The van der Waals surface area contributed by atoms with E-state index in [-0.39, 0.29) is 27.7 Å². The van der Waals surface area contributed by atoms with Gasteiger partial charge in [-0.3, -0.25) is 0 Å². The van der Waals surface area contributed by atoms with E-state index in [1.165, 1.54) is 0 Å². The van der Waals surface area contributed by atoms with Crippen molar-refractivity contribution < 1.29 is 13.2 Å². The Morgan fingerprint density at radius 1 is 1.56 bits per heavy atom. The number of ether oxygens (including phenoxy) is 1. The van der Waals surface area contributed by atoms with Gasteiger partial charge in [-0.15, -0.1) is 11.8 Å². The average molecular weight is 328 g/mol. The van der Waals surface area contributed by atoms with Crippen molar-refractivity contribution in [3.8, 4) is 0 Å². The molecule has 92 valence electrons. The van der Waals surface area contributed by atoms with Crippen molar-refractivity contribution in [1.82, 2.24) is 4.31 Å². The maximum absolute atomic E-state index is 12.1. The van der Waals surface area contributed by atoms with Crippen LogP contribution in [0.2, 0.25) is 0 Å². The van der Waals surface area contributed by atoms with Gasteiger partial charge in [0.15, 0.2) is 0 Å². The smallest absolute Gasteiger partial charge is 0.218 e. The van der Waals surface area contributed by atoms with Gasteiger partial charge in [0.2, 0.25) is 10.0 Å². The van der Waals surface area contributed by atoms with Gasteiger partial charge < -0.3 is 4.74 Å². The third kappa shape index (κ3) is 1.38. The Kier molecular flexibility index (Phi) is 2.65. The zero-order valence-electron chi connectivity index (χ0n) is 9.04. The number of hydrogen-bond donors (Lipinski definition) is 0. The number of alkyl halides is 1. The maximum Gasteiger partial charge on any atom is 0.218 e. The van der Waals surface area contributed by atoms with Crippen molar-refractivity contribution in [3.05, 3.63) is 0 Å². The number of halogens is 1. The van der Waals surface area contributed by atoms with Crippen LogP contribution in [0, 0.1) is 0 Å². The Balaban J connectivity index is 1.94. The first kappa shape index (κ1) is 11.8. The molecule has 6 atom stereocenters. The SMILES string of the molecule is CC(Br)OC1C2CC3C(S2)C1N(C)S3(=O)=O. The second-order valence-corrected chi connectivity index (χ2v) is 9.53. The first-order valence-corrected chi connectivity index (χ1v) is 8.71. The van der Waals surface area contributed by atoms with Gasteiger partial charge in [0, 0.05) is 17.5 Å². The van der Waals surface area contributed by atoms with Gasteiger partial charge in [-0.25, -0.2) is 8.42 Å². The summed E-state index contributed by atoms with van der Waals surface area (Å²) in [7, 11) is -1.37. The minimum atomic E-state index is -3.06. The molecule has 4 nitrogen and oxygen atoms in total. The molecule has 0 spiro atoms. The summed E-state index contributed by atoms with van der Waals surface area (Å²) in [6, 6.07) is 0.0405. The molecule has 0 aromatic carbocycles. The highest BCUT2D eigenvalue weighted by Gasteiger charge is 2.66. The van der Waals surface area contributed by atoms with Crippen molar-refractivity contribution in [3.63, 3.8) is 0 Å². The summed E-state index contributed by atoms with van der Waals surface area (Å²) in [5.74, 6) is 0. The molecule has 0 radical (unpaired) electrons. The summed E-state index contributed by atoms with van der Waals surface area (Å²) >= 11 is 5.17. The molecular weight excluding hydrogens is 314 g/mol. The largest absolute Gasteiger partial charge is 0.361 e. The number of likely N-dealkylation sites (N-methyl/N-ethyl adjacent to an activating group) is 1. The van der Waals surface area contributed by atoms with E-state index >= 15 is 0 Å². The summed E-state index contributed by atoms with van der Waals surface area (Å²) in [6.07, 6.45) is 0.797. The van der Waals surface area contributed by atoms with Gasteiger partial charge in [0.25, 0.3) is 0 Å². The fourth-order valence-electron chi connectivity index (χ4n) is 3.10. The lowest BCUT2D eigenvalue weighted by atomic mass is 9.92. The molecule has 7 heteroatoms. The van der Waals surface area contributed by atoms with E-state index in [0.29, 0.717) is 5.25 Å². The zero-order chi connectivity index (χ0) is 11.7. The molecule has 3 aliphatic heterocycles. The van der Waals surface area contributed by atoms with Crippen molar-refractivity contribution in [2.24, 2.45) is 0 Å². The fraction of sp³-hybridized carbons (Fsp3) is 1.00. The van der Waals surface area contributed by atoms with Crippen molar-refractivity contribution in [1.29, 1.82) is 0 Å². The average Bonchev–Trinajstić information content (AvgIpc) is 2.75. The van der Waals surface area contributed by atoms with Crippen LogP contribution in [0.4, 0.5) is 0 Å². The van der Waals surface area contributed by atoms with Crippen LogP contribution in [0.25, 0.3) is 0 Å². The predicted molar refractivity (Wildman–Crippen MR) is 67.3 cm³/mol. The van der Waals surface area contributed by atoms with E-state index in [0.717, 1.165) is 6.42 Å². The summed E-state index contributed by atoms with van der Waals surface area (Å²) in [5.41, 5.74) is 0. The second kappa shape index (κ2) is 3.60. The predicted octanol–water partition coefficient (Wildman–Crippen LogP) is 1.01. The molecule has 16 heavy (non-hydrogen) atoms. The molecule has 3 aliphatic rings. The molecule has 0 N–H and O–H groups in total. The van der Waals surface area contributed by atoms with Gasteiger partial charge in [-0.05, 0) is 13.3 Å². The van der Waals surface area contributed by atoms with Crippen molar-refractivity contribution in [2.75, 3.05) is 7.05 Å². The van der Waals surface area contributed by atoms with Crippen molar-refractivity contribution >= 4 is 37.7 Å². The summed E-state index contributed by atoms with van der Waals surface area (Å²) in [5, 5.41) is 0.381. The highest BCUT2D eigenvalue weighted by atomic mass is 79.9. The molecule has 3 saturated heterocycles. The summed E-state index contributed by atoms with van der Waals surface area (Å²) in [6.45, 7) is 1.93. The van der Waals surface area contributed by atoms with Gasteiger partial charge in [0.1, 0.15) is 5.01 Å². The molecule has 3 fully saturated rings. The minimum absolute atomic E-state index is 0.0207. The van der Waals surface area contributed by atoms with E-state index in [1.807, 2.05) is 6.92 Å². The molecule has 0 saturated carbocycles. The first-order valence-electron chi connectivity index (χ1n) is 5.35. The molecule has 6 unspecified atom stereocenters. The lowest BCUT2D eigenvalue weighted by Crippen LogP contribution is -2.45. The molecule has 0 amide bonds. The lowest BCUT2D eigenvalue weighted by molar-refractivity contribution is 0.00797. The van der Waals surface area contributed by atoms with Crippen molar-refractivity contribution in [2.45, 2.75) is 46.3 Å². The maximum atomic E-state index is 12.1. The molecular formula is C9H14BrNO3S2. The summed E-state index contributed by atoms with van der Waals surface area (Å²) < 4.78 is 31.5. The number of thioether (sulfide) groups is 1. The molecule has 2 bridgehead atoms. The Labute approximate surface area is 108 Å². The zero-order valence-corrected chi connectivity index (χ0v) is 12.3. The third-order valence-corrected chi connectivity index (χ3v) is 8.17. The fourth-order valence-corrected chi connectivity index (χ4v) is 8.02. The molecule has 3 heterocycles. The molecule has 0 aromatic heterocycles. The molecule has 0 aliphatic carbocycles. The van der Waals surface area contributed by atoms with E-state index in [4.69, 9.17) is 4.74 Å². The van der Waals surface area contributed by atoms with Crippen LogP contribution in [0.3, 0.4) is 0 Å². The Bertz CT molecular complexity index is 413. The standard InChI is InChI=1S/C9H14BrNO3S2/c1-4(10)14-8-5-3-6-9(15-5)7(8)11(2)16(6,12)13/h4-9H,3H2,1-2H3. The monoisotopic (exact) mass is 327 g/mol. The minimum Gasteiger partial charge on any atom is -0.361 e. The van der Waals surface area contributed by atoms with E-state index in [2.05, 4.69) is 15.9 Å². The Hall–Kier alpha value is 0.700. The number of nitrogens with zero attached hydrogens (tertiary/aromatic N) is 1. The van der Waals surface area contributed by atoms with Gasteiger partial charge >= 0.3 is 0 Å². The Morgan fingerprint density at radius 3 is 2.88 bits per heavy atom. The quantitative estimate of drug-likeness (QED) is 0.710. The van der Waals surface area contributed by atoms with Crippen LogP contribution >= 0.6 is 27.7 Å². The normalized spacial score (nSPS) is 51.1. The van der Waals surface area contributed by atoms with Crippen LogP contribution in [-0.4, -0.2) is 52.7 Å². The second-order valence-electron chi connectivity index (χ2n) is 4.61. The van der Waals surface area contributed by atoms with Crippen LogP contribution in [0.15, 0.2) is 0 Å². The van der Waals surface area contributed by atoms with Crippen LogP contribution in [0.1, 0.15) is 13.3 Å². The number of rotatable bonds is 2. The molecule has 0 aromatic rings. The topological polar surface area (TPSA) is 46.6 Å². The molecule has 3 rings (SSSR count).